The predicted molar refractivity (Wildman–Crippen MR) is 91.5 cm³/mol. The van der Waals surface area contributed by atoms with Gasteiger partial charge in [-0.2, -0.15) is 0 Å². The largest absolute Gasteiger partial charge is 0.444 e. The number of hydrogen-bond acceptors (Lipinski definition) is 4. The zero-order chi connectivity index (χ0) is 17.5. The van der Waals surface area contributed by atoms with E-state index in [1.807, 2.05) is 52.0 Å². The molecule has 1 aromatic rings. The molecule has 23 heavy (non-hydrogen) atoms. The van der Waals surface area contributed by atoms with Crippen LogP contribution < -0.4 is 16.0 Å². The van der Waals surface area contributed by atoms with Crippen LogP contribution in [0.3, 0.4) is 0 Å². The Balaban J connectivity index is 2.41. The molecule has 128 valence electrons. The average Bonchev–Trinajstić information content (AvgIpc) is 2.45. The Bertz CT molecular complexity index is 521. The minimum Gasteiger partial charge on any atom is -0.444 e. The van der Waals surface area contributed by atoms with Crippen LogP contribution in [0.25, 0.3) is 0 Å². The molecule has 1 rings (SSSR count). The van der Waals surface area contributed by atoms with Gasteiger partial charge in [0.05, 0.1) is 6.42 Å². The summed E-state index contributed by atoms with van der Waals surface area (Å²) in [5.74, 6) is -0.0133. The fourth-order valence-electron chi connectivity index (χ4n) is 1.88. The van der Waals surface area contributed by atoms with Crippen LogP contribution in [0.4, 0.5) is 10.5 Å². The SMILES string of the molecule is CNC(=O)Cc1ccc(NC(C)CNC(=O)OC(C)(C)C)cc1. The maximum atomic E-state index is 11.6. The van der Waals surface area contributed by atoms with Crippen molar-refractivity contribution in [3.05, 3.63) is 29.8 Å². The van der Waals surface area contributed by atoms with Gasteiger partial charge in [0.15, 0.2) is 0 Å². The van der Waals surface area contributed by atoms with E-state index in [9.17, 15) is 9.59 Å². The highest BCUT2D eigenvalue weighted by Crippen LogP contribution is 2.11. The Hall–Kier alpha value is -2.24. The minimum absolute atomic E-state index is 0.0133. The molecular formula is C17H27N3O3. The molecule has 6 heteroatoms. The van der Waals surface area contributed by atoms with Crippen LogP contribution in [0.5, 0.6) is 0 Å². The number of benzene rings is 1. The van der Waals surface area contributed by atoms with Gasteiger partial charge in [-0.25, -0.2) is 4.79 Å². The van der Waals surface area contributed by atoms with Gasteiger partial charge in [-0.3, -0.25) is 4.79 Å². The third-order valence-electron chi connectivity index (χ3n) is 2.96. The highest BCUT2D eigenvalue weighted by Gasteiger charge is 2.16. The molecule has 1 atom stereocenters. The average molecular weight is 321 g/mol. The molecule has 0 aliphatic rings. The van der Waals surface area contributed by atoms with Crippen molar-refractivity contribution in [2.75, 3.05) is 18.9 Å². The maximum absolute atomic E-state index is 11.6. The Labute approximate surface area is 138 Å². The van der Waals surface area contributed by atoms with Crippen LogP contribution in [0.1, 0.15) is 33.3 Å². The normalized spacial score (nSPS) is 12.2. The Kier molecular flexibility index (Phi) is 6.88. The molecule has 0 heterocycles. The van der Waals surface area contributed by atoms with Gasteiger partial charge >= 0.3 is 6.09 Å². The predicted octanol–water partition coefficient (Wildman–Crippen LogP) is 2.30. The Morgan fingerprint density at radius 2 is 1.78 bits per heavy atom. The summed E-state index contributed by atoms with van der Waals surface area (Å²) in [6.07, 6.45) is -0.0564. The number of anilines is 1. The number of alkyl carbamates (subject to hydrolysis) is 1. The van der Waals surface area contributed by atoms with E-state index < -0.39 is 11.7 Å². The lowest BCUT2D eigenvalue weighted by Gasteiger charge is -2.21. The highest BCUT2D eigenvalue weighted by molar-refractivity contribution is 5.78. The fraction of sp³-hybridized carbons (Fsp3) is 0.529. The number of likely N-dealkylation sites (N-methyl/N-ethyl adjacent to an activating group) is 1. The molecule has 0 aromatic heterocycles. The summed E-state index contributed by atoms with van der Waals surface area (Å²) in [6.45, 7) is 7.91. The first-order valence-corrected chi connectivity index (χ1v) is 7.72. The van der Waals surface area contributed by atoms with E-state index >= 15 is 0 Å². The molecule has 0 spiro atoms. The molecule has 0 saturated carbocycles. The number of rotatable bonds is 6. The topological polar surface area (TPSA) is 79.5 Å². The van der Waals surface area contributed by atoms with E-state index in [0.717, 1.165) is 11.3 Å². The van der Waals surface area contributed by atoms with Crippen molar-refractivity contribution in [1.29, 1.82) is 0 Å². The smallest absolute Gasteiger partial charge is 0.407 e. The second-order valence-corrected chi connectivity index (χ2v) is 6.48. The zero-order valence-corrected chi connectivity index (χ0v) is 14.5. The lowest BCUT2D eigenvalue weighted by molar-refractivity contribution is -0.119. The first-order valence-electron chi connectivity index (χ1n) is 7.72. The van der Waals surface area contributed by atoms with Crippen molar-refractivity contribution in [2.45, 2.75) is 45.8 Å². The second-order valence-electron chi connectivity index (χ2n) is 6.48. The van der Waals surface area contributed by atoms with E-state index in [2.05, 4.69) is 16.0 Å². The summed E-state index contributed by atoms with van der Waals surface area (Å²) in [4.78, 5) is 22.9. The lowest BCUT2D eigenvalue weighted by Crippen LogP contribution is -2.38. The number of nitrogens with one attached hydrogen (secondary N) is 3. The van der Waals surface area contributed by atoms with E-state index in [1.165, 1.54) is 0 Å². The Morgan fingerprint density at radius 3 is 2.30 bits per heavy atom. The standard InChI is InChI=1S/C17H27N3O3/c1-12(11-19-16(22)23-17(2,3)4)20-14-8-6-13(7-9-14)10-15(21)18-5/h6-9,12,20H,10-11H2,1-5H3,(H,18,21)(H,19,22). The first kappa shape index (κ1) is 18.8. The quantitative estimate of drug-likeness (QED) is 0.751. The van der Waals surface area contributed by atoms with Crippen LogP contribution >= 0.6 is 0 Å². The molecule has 0 aliphatic carbocycles. The molecule has 0 fully saturated rings. The lowest BCUT2D eigenvalue weighted by atomic mass is 10.1. The number of amides is 2. The summed E-state index contributed by atoms with van der Waals surface area (Å²) in [7, 11) is 1.62. The van der Waals surface area contributed by atoms with E-state index in [-0.39, 0.29) is 11.9 Å². The molecule has 1 unspecified atom stereocenters. The van der Waals surface area contributed by atoms with Gasteiger partial charge in [0.25, 0.3) is 0 Å². The van der Waals surface area contributed by atoms with Gasteiger partial charge in [0, 0.05) is 25.3 Å². The first-order chi connectivity index (χ1) is 10.7. The van der Waals surface area contributed by atoms with Crippen molar-refractivity contribution in [3.63, 3.8) is 0 Å². The van der Waals surface area contributed by atoms with Crippen LogP contribution in [0, 0.1) is 0 Å². The molecule has 0 saturated heterocycles. The molecule has 3 N–H and O–H groups in total. The summed E-state index contributed by atoms with van der Waals surface area (Å²) in [5.41, 5.74) is 1.39. The molecule has 1 aromatic carbocycles. The molecule has 0 radical (unpaired) electrons. The van der Waals surface area contributed by atoms with Crippen LogP contribution in [0.15, 0.2) is 24.3 Å². The number of carbonyl (C=O) groups is 2. The van der Waals surface area contributed by atoms with E-state index in [1.54, 1.807) is 7.05 Å². The van der Waals surface area contributed by atoms with Gasteiger partial charge in [-0.05, 0) is 45.4 Å². The van der Waals surface area contributed by atoms with Crippen molar-refractivity contribution >= 4 is 17.7 Å². The number of ether oxygens (including phenoxy) is 1. The van der Waals surface area contributed by atoms with E-state index in [0.29, 0.717) is 13.0 Å². The molecule has 0 aliphatic heterocycles. The van der Waals surface area contributed by atoms with Crippen molar-refractivity contribution < 1.29 is 14.3 Å². The third kappa shape index (κ3) is 8.09. The summed E-state index contributed by atoms with van der Waals surface area (Å²) in [5, 5.41) is 8.61. The number of hydrogen-bond donors (Lipinski definition) is 3. The minimum atomic E-state index is -0.499. The summed E-state index contributed by atoms with van der Waals surface area (Å²) < 4.78 is 5.19. The van der Waals surface area contributed by atoms with Crippen LogP contribution in [-0.4, -0.2) is 37.2 Å². The van der Waals surface area contributed by atoms with Crippen LogP contribution in [0.2, 0.25) is 0 Å². The van der Waals surface area contributed by atoms with Crippen molar-refractivity contribution in [1.82, 2.24) is 10.6 Å². The molecular weight excluding hydrogens is 294 g/mol. The number of carbonyl (C=O) groups excluding carboxylic acids is 2. The summed E-state index contributed by atoms with van der Waals surface area (Å²) in [6, 6.07) is 7.70. The Morgan fingerprint density at radius 1 is 1.17 bits per heavy atom. The van der Waals surface area contributed by atoms with Gasteiger partial charge in [0.1, 0.15) is 5.60 Å². The highest BCUT2D eigenvalue weighted by atomic mass is 16.6. The molecule has 0 bridgehead atoms. The van der Waals surface area contributed by atoms with Gasteiger partial charge in [0.2, 0.25) is 5.91 Å². The monoisotopic (exact) mass is 321 g/mol. The molecule has 6 nitrogen and oxygen atoms in total. The maximum Gasteiger partial charge on any atom is 0.407 e. The van der Waals surface area contributed by atoms with E-state index in [4.69, 9.17) is 4.74 Å². The van der Waals surface area contributed by atoms with Gasteiger partial charge in [-0.15, -0.1) is 0 Å². The second kappa shape index (κ2) is 8.41. The molecule has 2 amide bonds. The van der Waals surface area contributed by atoms with Crippen LogP contribution in [-0.2, 0) is 16.0 Å². The zero-order valence-electron chi connectivity index (χ0n) is 14.5. The van der Waals surface area contributed by atoms with Crippen molar-refractivity contribution in [3.8, 4) is 0 Å². The summed E-state index contributed by atoms with van der Waals surface area (Å²) >= 11 is 0. The van der Waals surface area contributed by atoms with Gasteiger partial charge in [-0.1, -0.05) is 12.1 Å². The van der Waals surface area contributed by atoms with Crippen molar-refractivity contribution in [2.24, 2.45) is 0 Å². The third-order valence-corrected chi connectivity index (χ3v) is 2.96. The van der Waals surface area contributed by atoms with Gasteiger partial charge < -0.3 is 20.7 Å². The fourth-order valence-corrected chi connectivity index (χ4v) is 1.88.